The number of benzene rings is 2. The quantitative estimate of drug-likeness (QED) is 0.484. The second-order valence-corrected chi connectivity index (χ2v) is 7.49. The van der Waals surface area contributed by atoms with Crippen molar-refractivity contribution in [2.24, 2.45) is 0 Å². The molecule has 0 aliphatic carbocycles. The number of Topliss-reactive ketones (excluding diaryl/α,β-unsaturated/α-hetero) is 1. The van der Waals surface area contributed by atoms with Gasteiger partial charge >= 0.3 is 0 Å². The van der Waals surface area contributed by atoms with Crippen molar-refractivity contribution in [2.75, 3.05) is 0 Å². The highest BCUT2D eigenvalue weighted by Gasteiger charge is 2.30. The van der Waals surface area contributed by atoms with Gasteiger partial charge in [-0.2, -0.15) is 0 Å². The zero-order chi connectivity index (χ0) is 22.3. The molecule has 0 fully saturated rings. The monoisotopic (exact) mass is 417 g/mol. The molecule has 6 heteroatoms. The van der Waals surface area contributed by atoms with Crippen LogP contribution in [0.1, 0.15) is 50.4 Å². The van der Waals surface area contributed by atoms with Gasteiger partial charge in [0.25, 0.3) is 0 Å². The molecule has 160 valence electrons. The van der Waals surface area contributed by atoms with E-state index >= 15 is 0 Å². The van der Waals surface area contributed by atoms with Crippen molar-refractivity contribution in [1.82, 2.24) is 15.3 Å². The predicted molar refractivity (Wildman–Crippen MR) is 120 cm³/mol. The van der Waals surface area contributed by atoms with Gasteiger partial charge in [-0.1, -0.05) is 13.8 Å². The standard InChI is InChI=1S/C25H27N3O3/c1-4-25(5-2,28-18(3)29)17-23(30)19-7-11-21(12-8-19)31-22-13-9-20(10-14-22)24-26-15-6-16-27-24/h6-16H,4-5,17H2,1-3H3,(H,28,29). The summed E-state index contributed by atoms with van der Waals surface area (Å²) in [7, 11) is 0. The zero-order valence-corrected chi connectivity index (χ0v) is 18.1. The van der Waals surface area contributed by atoms with E-state index in [0.717, 1.165) is 5.56 Å². The third kappa shape index (κ3) is 5.75. The first-order chi connectivity index (χ1) is 14.9. The maximum Gasteiger partial charge on any atom is 0.217 e. The van der Waals surface area contributed by atoms with Crippen LogP contribution >= 0.6 is 0 Å². The second-order valence-electron chi connectivity index (χ2n) is 7.49. The van der Waals surface area contributed by atoms with E-state index in [0.29, 0.717) is 35.7 Å². The number of nitrogens with one attached hydrogen (secondary N) is 1. The minimum Gasteiger partial charge on any atom is -0.457 e. The summed E-state index contributed by atoms with van der Waals surface area (Å²) in [6.07, 6.45) is 5.07. The van der Waals surface area contributed by atoms with Crippen LogP contribution in [-0.4, -0.2) is 27.2 Å². The molecule has 1 N–H and O–H groups in total. The molecule has 0 radical (unpaired) electrons. The van der Waals surface area contributed by atoms with E-state index in [1.165, 1.54) is 6.92 Å². The minimum atomic E-state index is -0.512. The highest BCUT2D eigenvalue weighted by Crippen LogP contribution is 2.26. The third-order valence-corrected chi connectivity index (χ3v) is 5.38. The Labute approximate surface area is 182 Å². The molecule has 0 spiro atoms. The Kier molecular flexibility index (Phi) is 7.13. The van der Waals surface area contributed by atoms with Gasteiger partial charge in [-0.25, -0.2) is 9.97 Å². The first kappa shape index (κ1) is 22.2. The molecule has 3 rings (SSSR count). The molecule has 2 aromatic carbocycles. The van der Waals surface area contributed by atoms with E-state index in [2.05, 4.69) is 15.3 Å². The molecule has 1 amide bonds. The van der Waals surface area contributed by atoms with E-state index in [-0.39, 0.29) is 18.1 Å². The number of hydrogen-bond donors (Lipinski definition) is 1. The lowest BCUT2D eigenvalue weighted by Gasteiger charge is -2.32. The normalized spacial score (nSPS) is 11.1. The summed E-state index contributed by atoms with van der Waals surface area (Å²) in [6.45, 7) is 5.45. The highest BCUT2D eigenvalue weighted by atomic mass is 16.5. The molecule has 0 saturated heterocycles. The molecule has 0 unspecified atom stereocenters. The fourth-order valence-corrected chi connectivity index (χ4v) is 3.47. The number of carbonyl (C=O) groups is 2. The van der Waals surface area contributed by atoms with Crippen LogP contribution in [0.4, 0.5) is 0 Å². The Balaban J connectivity index is 1.66. The topological polar surface area (TPSA) is 81.2 Å². The van der Waals surface area contributed by atoms with Crippen molar-refractivity contribution >= 4 is 11.7 Å². The smallest absolute Gasteiger partial charge is 0.217 e. The molecule has 0 saturated carbocycles. The van der Waals surface area contributed by atoms with Crippen LogP contribution in [0.5, 0.6) is 11.5 Å². The number of nitrogens with zero attached hydrogens (tertiary/aromatic N) is 2. The second kappa shape index (κ2) is 9.98. The van der Waals surface area contributed by atoms with Crippen LogP contribution in [0, 0.1) is 0 Å². The largest absolute Gasteiger partial charge is 0.457 e. The molecule has 0 aliphatic rings. The molecule has 6 nitrogen and oxygen atoms in total. The van der Waals surface area contributed by atoms with Crippen molar-refractivity contribution in [3.05, 3.63) is 72.6 Å². The summed E-state index contributed by atoms with van der Waals surface area (Å²) < 4.78 is 5.89. The Hall–Kier alpha value is -3.54. The maximum absolute atomic E-state index is 12.8. The summed E-state index contributed by atoms with van der Waals surface area (Å²) in [5, 5.41) is 2.96. The first-order valence-electron chi connectivity index (χ1n) is 10.4. The van der Waals surface area contributed by atoms with Crippen LogP contribution in [0.25, 0.3) is 11.4 Å². The van der Waals surface area contributed by atoms with Gasteiger partial charge in [0, 0.05) is 42.4 Å². The molecule has 0 aliphatic heterocycles. The lowest BCUT2D eigenvalue weighted by atomic mass is 9.85. The third-order valence-electron chi connectivity index (χ3n) is 5.38. The number of hydrogen-bond acceptors (Lipinski definition) is 5. The van der Waals surface area contributed by atoms with Gasteiger partial charge in [-0.05, 0) is 67.4 Å². The molecule has 3 aromatic rings. The highest BCUT2D eigenvalue weighted by molar-refractivity contribution is 5.97. The van der Waals surface area contributed by atoms with Gasteiger partial charge in [0.05, 0.1) is 0 Å². The first-order valence-corrected chi connectivity index (χ1v) is 10.4. The van der Waals surface area contributed by atoms with E-state index in [1.54, 1.807) is 42.7 Å². The number of ketones is 1. The molecule has 0 bridgehead atoms. The number of amides is 1. The minimum absolute atomic E-state index is 0.00351. The molecular weight excluding hydrogens is 390 g/mol. The van der Waals surface area contributed by atoms with Crippen LogP contribution in [0.3, 0.4) is 0 Å². The Morgan fingerprint density at radius 2 is 1.45 bits per heavy atom. The molecule has 1 heterocycles. The van der Waals surface area contributed by atoms with Gasteiger partial charge < -0.3 is 10.1 Å². The zero-order valence-electron chi connectivity index (χ0n) is 18.1. The lowest BCUT2D eigenvalue weighted by molar-refractivity contribution is -0.120. The summed E-state index contributed by atoms with van der Waals surface area (Å²) in [4.78, 5) is 32.8. The summed E-state index contributed by atoms with van der Waals surface area (Å²) in [5.74, 6) is 1.85. The van der Waals surface area contributed by atoms with Crippen LogP contribution in [0.15, 0.2) is 67.0 Å². The van der Waals surface area contributed by atoms with Crippen molar-refractivity contribution in [2.45, 2.75) is 45.6 Å². The van der Waals surface area contributed by atoms with Crippen molar-refractivity contribution in [1.29, 1.82) is 0 Å². The van der Waals surface area contributed by atoms with Gasteiger partial charge in [-0.15, -0.1) is 0 Å². The molecule has 1 aromatic heterocycles. The average molecular weight is 418 g/mol. The molecular formula is C25H27N3O3. The fraction of sp³-hybridized carbons (Fsp3) is 0.280. The lowest BCUT2D eigenvalue weighted by Crippen LogP contribution is -2.48. The Morgan fingerprint density at radius 1 is 0.903 bits per heavy atom. The van der Waals surface area contributed by atoms with Crippen LogP contribution < -0.4 is 10.1 Å². The predicted octanol–water partition coefficient (Wildman–Crippen LogP) is 5.20. The number of carbonyl (C=O) groups excluding carboxylic acids is 2. The molecule has 0 atom stereocenters. The van der Waals surface area contributed by atoms with E-state index in [9.17, 15) is 9.59 Å². The van der Waals surface area contributed by atoms with E-state index < -0.39 is 5.54 Å². The van der Waals surface area contributed by atoms with E-state index in [1.807, 2.05) is 38.1 Å². The van der Waals surface area contributed by atoms with Crippen LogP contribution in [-0.2, 0) is 4.79 Å². The number of ether oxygens (including phenoxy) is 1. The van der Waals surface area contributed by atoms with Crippen LogP contribution in [0.2, 0.25) is 0 Å². The summed E-state index contributed by atoms with van der Waals surface area (Å²) >= 11 is 0. The molecule has 31 heavy (non-hydrogen) atoms. The fourth-order valence-electron chi connectivity index (χ4n) is 3.47. The maximum atomic E-state index is 12.8. The van der Waals surface area contributed by atoms with Crippen molar-refractivity contribution in [3.63, 3.8) is 0 Å². The Morgan fingerprint density at radius 3 is 1.97 bits per heavy atom. The summed E-state index contributed by atoms with van der Waals surface area (Å²) in [6, 6.07) is 16.4. The van der Waals surface area contributed by atoms with Gasteiger partial charge in [0.2, 0.25) is 5.91 Å². The number of aromatic nitrogens is 2. The van der Waals surface area contributed by atoms with Crippen molar-refractivity contribution in [3.8, 4) is 22.9 Å². The number of rotatable bonds is 9. The van der Waals surface area contributed by atoms with Gasteiger partial charge in [0.15, 0.2) is 11.6 Å². The summed E-state index contributed by atoms with van der Waals surface area (Å²) in [5.41, 5.74) is 0.992. The van der Waals surface area contributed by atoms with Gasteiger partial charge in [0.1, 0.15) is 11.5 Å². The Bertz CT molecular complexity index is 1010. The SMILES string of the molecule is CCC(CC)(CC(=O)c1ccc(Oc2ccc(-c3ncccn3)cc2)cc1)NC(C)=O. The van der Waals surface area contributed by atoms with E-state index in [4.69, 9.17) is 4.74 Å². The van der Waals surface area contributed by atoms with Gasteiger partial charge in [-0.3, -0.25) is 9.59 Å². The average Bonchev–Trinajstić information content (AvgIpc) is 2.80. The van der Waals surface area contributed by atoms with Crippen molar-refractivity contribution < 1.29 is 14.3 Å².